The number of hydrogen-bond acceptors (Lipinski definition) is 1. The van der Waals surface area contributed by atoms with E-state index in [0.717, 1.165) is 11.1 Å². The van der Waals surface area contributed by atoms with Crippen molar-refractivity contribution in [3.05, 3.63) is 70.5 Å². The summed E-state index contributed by atoms with van der Waals surface area (Å²) in [5.74, 6) is -0.239. The molecule has 0 saturated carbocycles. The van der Waals surface area contributed by atoms with Gasteiger partial charge in [-0.1, -0.05) is 35.9 Å². The first-order chi connectivity index (χ1) is 8.65. The molecule has 0 bridgehead atoms. The number of benzene rings is 2. The number of aliphatic hydroxyl groups excluding tert-OH is 1. The number of aryl methyl sites for hydroxylation is 1. The van der Waals surface area contributed by atoms with Gasteiger partial charge in [0.1, 0.15) is 5.82 Å². The van der Waals surface area contributed by atoms with Crippen molar-refractivity contribution in [3.63, 3.8) is 0 Å². The quantitative estimate of drug-likeness (QED) is 0.880. The van der Waals surface area contributed by atoms with Crippen LogP contribution < -0.4 is 0 Å². The van der Waals surface area contributed by atoms with Crippen molar-refractivity contribution < 1.29 is 9.50 Å². The molecule has 0 aliphatic heterocycles. The molecular weight excluding hydrogens is 251 g/mol. The van der Waals surface area contributed by atoms with Crippen LogP contribution in [0.4, 0.5) is 4.39 Å². The second kappa shape index (κ2) is 5.98. The molecule has 0 amide bonds. The molecule has 1 atom stereocenters. The lowest BCUT2D eigenvalue weighted by atomic mass is 10.0. The SMILES string of the molecule is OC(CCc1ccc(F)cc1)c1ccc(Cl)cc1. The van der Waals surface area contributed by atoms with Gasteiger partial charge >= 0.3 is 0 Å². The van der Waals surface area contributed by atoms with Crippen molar-refractivity contribution in [3.8, 4) is 0 Å². The van der Waals surface area contributed by atoms with Crippen molar-refractivity contribution in [1.29, 1.82) is 0 Å². The minimum Gasteiger partial charge on any atom is -0.388 e. The Kier molecular flexibility index (Phi) is 4.34. The number of rotatable bonds is 4. The van der Waals surface area contributed by atoms with Crippen LogP contribution >= 0.6 is 11.6 Å². The van der Waals surface area contributed by atoms with E-state index in [-0.39, 0.29) is 5.82 Å². The Labute approximate surface area is 111 Å². The molecule has 1 N–H and O–H groups in total. The van der Waals surface area contributed by atoms with Crippen LogP contribution in [0.5, 0.6) is 0 Å². The van der Waals surface area contributed by atoms with Gasteiger partial charge in [-0.2, -0.15) is 0 Å². The molecule has 0 radical (unpaired) electrons. The summed E-state index contributed by atoms with van der Waals surface area (Å²) in [4.78, 5) is 0. The average Bonchev–Trinajstić information content (AvgIpc) is 2.38. The first kappa shape index (κ1) is 13.1. The highest BCUT2D eigenvalue weighted by Crippen LogP contribution is 2.21. The smallest absolute Gasteiger partial charge is 0.123 e. The van der Waals surface area contributed by atoms with Crippen LogP contribution in [0.2, 0.25) is 5.02 Å². The second-order valence-electron chi connectivity index (χ2n) is 4.23. The summed E-state index contributed by atoms with van der Waals surface area (Å²) in [6, 6.07) is 13.5. The lowest BCUT2D eigenvalue weighted by Crippen LogP contribution is -1.99. The summed E-state index contributed by atoms with van der Waals surface area (Å²) in [5, 5.41) is 10.7. The van der Waals surface area contributed by atoms with E-state index in [9.17, 15) is 9.50 Å². The molecule has 0 aromatic heterocycles. The molecular formula is C15H14ClFO. The molecule has 2 aromatic carbocycles. The van der Waals surface area contributed by atoms with Crippen molar-refractivity contribution in [1.82, 2.24) is 0 Å². The third-order valence-electron chi connectivity index (χ3n) is 2.87. The zero-order valence-electron chi connectivity index (χ0n) is 9.81. The van der Waals surface area contributed by atoms with E-state index in [1.54, 1.807) is 24.3 Å². The van der Waals surface area contributed by atoms with Gasteiger partial charge in [-0.3, -0.25) is 0 Å². The van der Waals surface area contributed by atoms with Crippen LogP contribution in [0.1, 0.15) is 23.7 Å². The normalized spacial score (nSPS) is 12.4. The molecule has 0 spiro atoms. The highest BCUT2D eigenvalue weighted by atomic mass is 35.5. The molecule has 0 heterocycles. The molecule has 0 fully saturated rings. The largest absolute Gasteiger partial charge is 0.388 e. The fourth-order valence-corrected chi connectivity index (χ4v) is 1.93. The number of halogens is 2. The van der Waals surface area contributed by atoms with Crippen molar-refractivity contribution in [2.24, 2.45) is 0 Å². The van der Waals surface area contributed by atoms with Gasteiger partial charge in [-0.25, -0.2) is 4.39 Å². The molecule has 2 rings (SSSR count). The molecule has 1 unspecified atom stereocenters. The predicted octanol–water partition coefficient (Wildman–Crippen LogP) is 4.15. The summed E-state index contributed by atoms with van der Waals surface area (Å²) in [7, 11) is 0. The third kappa shape index (κ3) is 3.56. The molecule has 1 nitrogen and oxygen atoms in total. The van der Waals surface area contributed by atoms with Crippen LogP contribution in [0.25, 0.3) is 0 Å². The van der Waals surface area contributed by atoms with Crippen molar-refractivity contribution >= 4 is 11.6 Å². The Morgan fingerprint density at radius 3 is 2.22 bits per heavy atom. The van der Waals surface area contributed by atoms with Gasteiger partial charge < -0.3 is 5.11 Å². The van der Waals surface area contributed by atoms with Crippen molar-refractivity contribution in [2.45, 2.75) is 18.9 Å². The summed E-state index contributed by atoms with van der Waals surface area (Å²) in [6.07, 6.45) is 0.796. The van der Waals surface area contributed by atoms with Gasteiger partial charge in [0.05, 0.1) is 6.10 Å². The zero-order valence-corrected chi connectivity index (χ0v) is 10.6. The van der Waals surface area contributed by atoms with Gasteiger partial charge in [-0.15, -0.1) is 0 Å². The zero-order chi connectivity index (χ0) is 13.0. The molecule has 0 saturated heterocycles. The average molecular weight is 265 g/mol. The minimum atomic E-state index is -0.521. The van der Waals surface area contributed by atoms with Gasteiger partial charge in [-0.05, 0) is 48.2 Å². The summed E-state index contributed by atoms with van der Waals surface area (Å²) in [5.41, 5.74) is 1.87. The molecule has 3 heteroatoms. The fraction of sp³-hybridized carbons (Fsp3) is 0.200. The Morgan fingerprint density at radius 2 is 1.61 bits per heavy atom. The first-order valence-electron chi connectivity index (χ1n) is 5.83. The Hall–Kier alpha value is -1.38. The van der Waals surface area contributed by atoms with Crippen LogP contribution in [0, 0.1) is 5.82 Å². The van der Waals surface area contributed by atoms with Crippen LogP contribution in [0.15, 0.2) is 48.5 Å². The molecule has 94 valence electrons. The maximum Gasteiger partial charge on any atom is 0.123 e. The maximum atomic E-state index is 12.7. The van der Waals surface area contributed by atoms with Gasteiger partial charge in [0, 0.05) is 5.02 Å². The van der Waals surface area contributed by atoms with Gasteiger partial charge in [0.25, 0.3) is 0 Å². The third-order valence-corrected chi connectivity index (χ3v) is 3.13. The topological polar surface area (TPSA) is 20.2 Å². The highest BCUT2D eigenvalue weighted by Gasteiger charge is 2.07. The Bertz CT molecular complexity index is 493. The Morgan fingerprint density at radius 1 is 1.00 bits per heavy atom. The van der Waals surface area contributed by atoms with E-state index < -0.39 is 6.10 Å². The van der Waals surface area contributed by atoms with Crippen LogP contribution in [-0.2, 0) is 6.42 Å². The van der Waals surface area contributed by atoms with E-state index >= 15 is 0 Å². The van der Waals surface area contributed by atoms with E-state index in [1.807, 2.05) is 12.1 Å². The Balaban J connectivity index is 1.93. The van der Waals surface area contributed by atoms with E-state index in [2.05, 4.69) is 0 Å². The number of hydrogen-bond donors (Lipinski definition) is 1. The molecule has 0 aliphatic rings. The van der Waals surface area contributed by atoms with Crippen molar-refractivity contribution in [2.75, 3.05) is 0 Å². The highest BCUT2D eigenvalue weighted by molar-refractivity contribution is 6.30. The van der Waals surface area contributed by atoms with Gasteiger partial charge in [0.15, 0.2) is 0 Å². The van der Waals surface area contributed by atoms with Crippen LogP contribution in [-0.4, -0.2) is 5.11 Å². The fourth-order valence-electron chi connectivity index (χ4n) is 1.81. The molecule has 0 aliphatic carbocycles. The predicted molar refractivity (Wildman–Crippen MR) is 71.1 cm³/mol. The van der Waals surface area contributed by atoms with E-state index in [0.29, 0.717) is 17.9 Å². The minimum absolute atomic E-state index is 0.239. The lowest BCUT2D eigenvalue weighted by Gasteiger charge is -2.11. The number of aliphatic hydroxyl groups is 1. The maximum absolute atomic E-state index is 12.7. The standard InChI is InChI=1S/C15H14ClFO/c16-13-6-4-12(5-7-13)15(18)10-3-11-1-8-14(17)9-2-11/h1-2,4-9,15,18H,3,10H2. The lowest BCUT2D eigenvalue weighted by molar-refractivity contribution is 0.168. The first-order valence-corrected chi connectivity index (χ1v) is 6.21. The van der Waals surface area contributed by atoms with E-state index in [1.165, 1.54) is 12.1 Å². The van der Waals surface area contributed by atoms with E-state index in [4.69, 9.17) is 11.6 Å². The van der Waals surface area contributed by atoms with Gasteiger partial charge in [0.2, 0.25) is 0 Å². The second-order valence-corrected chi connectivity index (χ2v) is 4.67. The summed E-state index contributed by atoms with van der Waals surface area (Å²) >= 11 is 5.79. The molecule has 2 aromatic rings. The summed E-state index contributed by atoms with van der Waals surface area (Å²) in [6.45, 7) is 0. The monoisotopic (exact) mass is 264 g/mol. The molecule has 18 heavy (non-hydrogen) atoms. The van der Waals surface area contributed by atoms with Crippen LogP contribution in [0.3, 0.4) is 0 Å². The summed E-state index contributed by atoms with van der Waals surface area (Å²) < 4.78 is 12.7.